The van der Waals surface area contributed by atoms with E-state index in [1.165, 1.54) is 27.6 Å². The Bertz CT molecular complexity index is 864. The smallest absolute Gasteiger partial charge is 0.251 e. The van der Waals surface area contributed by atoms with Gasteiger partial charge < -0.3 is 16.0 Å². The van der Waals surface area contributed by atoms with E-state index in [0.717, 1.165) is 41.0 Å². The highest BCUT2D eigenvalue weighted by atomic mass is 35.5. The number of nitrogens with zero attached hydrogens (tertiary/aromatic N) is 1. The summed E-state index contributed by atoms with van der Waals surface area (Å²) < 4.78 is 0. The highest BCUT2D eigenvalue weighted by Crippen LogP contribution is 2.37. The third kappa shape index (κ3) is 4.92. The molecule has 0 unspecified atom stereocenters. The average Bonchev–Trinajstić information content (AvgIpc) is 3.28. The SMILES string of the molecule is NC(=O)c1c(NC(=O)CN(Cc2cccs2)C(=O)CCCl)sc2c1CCCC2. The zero-order valence-electron chi connectivity index (χ0n) is 15.3. The number of alkyl halides is 1. The number of hydrogen-bond acceptors (Lipinski definition) is 5. The molecule has 2 heterocycles. The molecule has 9 heteroatoms. The van der Waals surface area contributed by atoms with Crippen LogP contribution in [0.4, 0.5) is 5.00 Å². The molecule has 6 nitrogen and oxygen atoms in total. The van der Waals surface area contributed by atoms with Gasteiger partial charge in [-0.15, -0.1) is 34.3 Å². The predicted molar refractivity (Wildman–Crippen MR) is 113 cm³/mol. The van der Waals surface area contributed by atoms with E-state index in [4.69, 9.17) is 17.3 Å². The summed E-state index contributed by atoms with van der Waals surface area (Å²) in [6.07, 6.45) is 3.95. The Labute approximate surface area is 176 Å². The van der Waals surface area contributed by atoms with Gasteiger partial charge in [0.05, 0.1) is 12.1 Å². The minimum atomic E-state index is -0.525. The highest BCUT2D eigenvalue weighted by Gasteiger charge is 2.26. The van der Waals surface area contributed by atoms with Crippen molar-refractivity contribution in [2.24, 2.45) is 5.73 Å². The number of fused-ring (bicyclic) bond motifs is 1. The summed E-state index contributed by atoms with van der Waals surface area (Å²) in [4.78, 5) is 40.6. The molecule has 0 aromatic carbocycles. The molecule has 28 heavy (non-hydrogen) atoms. The molecule has 0 saturated heterocycles. The van der Waals surface area contributed by atoms with Crippen LogP contribution in [0.15, 0.2) is 17.5 Å². The second kappa shape index (κ2) is 9.54. The van der Waals surface area contributed by atoms with Gasteiger partial charge >= 0.3 is 0 Å². The van der Waals surface area contributed by atoms with E-state index < -0.39 is 5.91 Å². The molecule has 0 atom stereocenters. The van der Waals surface area contributed by atoms with Gasteiger partial charge in [0.1, 0.15) is 11.5 Å². The van der Waals surface area contributed by atoms with Crippen LogP contribution in [-0.2, 0) is 29.0 Å². The maximum Gasteiger partial charge on any atom is 0.251 e. The number of amides is 3. The predicted octanol–water partition coefficient (Wildman–Crippen LogP) is 3.38. The molecule has 0 bridgehead atoms. The Morgan fingerprint density at radius 1 is 1.25 bits per heavy atom. The minimum Gasteiger partial charge on any atom is -0.365 e. The van der Waals surface area contributed by atoms with Crippen molar-refractivity contribution in [3.63, 3.8) is 0 Å². The number of rotatable bonds is 8. The number of anilines is 1. The van der Waals surface area contributed by atoms with Crippen LogP contribution in [-0.4, -0.2) is 35.0 Å². The molecule has 0 saturated carbocycles. The number of primary amides is 1. The average molecular weight is 440 g/mol. The second-order valence-electron chi connectivity index (χ2n) is 6.60. The summed E-state index contributed by atoms with van der Waals surface area (Å²) in [7, 11) is 0. The van der Waals surface area contributed by atoms with Gasteiger partial charge in [-0.2, -0.15) is 0 Å². The maximum atomic E-state index is 12.7. The summed E-state index contributed by atoms with van der Waals surface area (Å²) in [6, 6.07) is 3.82. The van der Waals surface area contributed by atoms with Crippen molar-refractivity contribution in [1.29, 1.82) is 0 Å². The van der Waals surface area contributed by atoms with Crippen molar-refractivity contribution in [3.05, 3.63) is 38.4 Å². The number of nitrogens with two attached hydrogens (primary N) is 1. The van der Waals surface area contributed by atoms with E-state index in [2.05, 4.69) is 5.32 Å². The van der Waals surface area contributed by atoms with E-state index in [1.807, 2.05) is 17.5 Å². The second-order valence-corrected chi connectivity index (χ2v) is 9.11. The lowest BCUT2D eigenvalue weighted by atomic mass is 9.95. The van der Waals surface area contributed by atoms with Crippen LogP contribution in [0.25, 0.3) is 0 Å². The lowest BCUT2D eigenvalue weighted by Gasteiger charge is -2.21. The summed E-state index contributed by atoms with van der Waals surface area (Å²) in [5.74, 6) is -0.853. The van der Waals surface area contributed by atoms with Crippen LogP contribution in [0.5, 0.6) is 0 Å². The third-order valence-corrected chi connectivity index (χ3v) is 6.85. The van der Waals surface area contributed by atoms with Crippen molar-refractivity contribution in [2.45, 2.75) is 38.6 Å². The topological polar surface area (TPSA) is 92.5 Å². The zero-order chi connectivity index (χ0) is 20.1. The molecule has 0 spiro atoms. The molecule has 0 radical (unpaired) electrons. The third-order valence-electron chi connectivity index (χ3n) is 4.59. The quantitative estimate of drug-likeness (QED) is 0.617. The fourth-order valence-corrected chi connectivity index (χ4v) is 5.51. The van der Waals surface area contributed by atoms with Crippen molar-refractivity contribution in [2.75, 3.05) is 17.7 Å². The summed E-state index contributed by atoms with van der Waals surface area (Å²) in [5, 5.41) is 5.23. The first-order valence-electron chi connectivity index (χ1n) is 9.10. The molecular weight excluding hydrogens is 418 g/mol. The number of halogens is 1. The molecule has 1 aliphatic carbocycles. The number of aryl methyl sites for hydroxylation is 1. The molecule has 1 aliphatic rings. The Morgan fingerprint density at radius 3 is 2.71 bits per heavy atom. The molecule has 2 aromatic rings. The molecule has 2 aromatic heterocycles. The Morgan fingerprint density at radius 2 is 2.04 bits per heavy atom. The largest absolute Gasteiger partial charge is 0.365 e. The molecule has 0 fully saturated rings. The molecule has 0 aliphatic heterocycles. The van der Waals surface area contributed by atoms with E-state index in [9.17, 15) is 14.4 Å². The van der Waals surface area contributed by atoms with Crippen LogP contribution in [0, 0.1) is 0 Å². The number of nitrogens with one attached hydrogen (secondary N) is 1. The van der Waals surface area contributed by atoms with Crippen molar-refractivity contribution in [1.82, 2.24) is 4.90 Å². The van der Waals surface area contributed by atoms with Crippen LogP contribution in [0.2, 0.25) is 0 Å². The van der Waals surface area contributed by atoms with Gasteiger partial charge in [-0.3, -0.25) is 14.4 Å². The van der Waals surface area contributed by atoms with E-state index in [1.54, 1.807) is 0 Å². The van der Waals surface area contributed by atoms with Crippen molar-refractivity contribution >= 4 is 57.0 Å². The Hall–Kier alpha value is -1.90. The fraction of sp³-hybridized carbons (Fsp3) is 0.421. The summed E-state index contributed by atoms with van der Waals surface area (Å²) in [5.41, 5.74) is 6.96. The number of carbonyl (C=O) groups is 3. The van der Waals surface area contributed by atoms with E-state index in [0.29, 0.717) is 17.1 Å². The molecule has 3 rings (SSSR count). The molecular formula is C19H22ClN3O3S2. The van der Waals surface area contributed by atoms with Gasteiger partial charge in [0.2, 0.25) is 11.8 Å². The van der Waals surface area contributed by atoms with Crippen LogP contribution < -0.4 is 11.1 Å². The molecule has 3 N–H and O–H groups in total. The van der Waals surface area contributed by atoms with Gasteiger partial charge in [-0.05, 0) is 42.7 Å². The van der Waals surface area contributed by atoms with Gasteiger partial charge in [-0.25, -0.2) is 0 Å². The minimum absolute atomic E-state index is 0.103. The lowest BCUT2D eigenvalue weighted by Crippen LogP contribution is -2.37. The summed E-state index contributed by atoms with van der Waals surface area (Å²) in [6.45, 7) is 0.249. The number of carbonyl (C=O) groups excluding carboxylic acids is 3. The van der Waals surface area contributed by atoms with Crippen LogP contribution in [0.3, 0.4) is 0 Å². The van der Waals surface area contributed by atoms with E-state index in [-0.39, 0.29) is 30.7 Å². The first-order chi connectivity index (χ1) is 13.5. The molecule has 3 amide bonds. The van der Waals surface area contributed by atoms with E-state index >= 15 is 0 Å². The zero-order valence-corrected chi connectivity index (χ0v) is 17.7. The normalized spacial score (nSPS) is 13.0. The summed E-state index contributed by atoms with van der Waals surface area (Å²) >= 11 is 8.65. The van der Waals surface area contributed by atoms with Crippen LogP contribution in [0.1, 0.15) is 44.9 Å². The molecule has 150 valence electrons. The maximum absolute atomic E-state index is 12.7. The van der Waals surface area contributed by atoms with Gasteiger partial charge in [0.15, 0.2) is 0 Å². The lowest BCUT2D eigenvalue weighted by molar-refractivity contribution is -0.134. The standard InChI is InChI=1S/C19H22ClN3O3S2/c20-8-7-16(25)23(10-12-4-3-9-27-12)11-15(24)22-19-17(18(21)26)13-5-1-2-6-14(13)28-19/h3-4,9H,1-2,5-8,10-11H2,(H2,21,26)(H,22,24). The highest BCUT2D eigenvalue weighted by molar-refractivity contribution is 7.17. The number of hydrogen-bond donors (Lipinski definition) is 2. The van der Waals surface area contributed by atoms with Crippen LogP contribution >= 0.6 is 34.3 Å². The van der Waals surface area contributed by atoms with Crippen molar-refractivity contribution in [3.8, 4) is 0 Å². The Kier molecular flexibility index (Phi) is 7.09. The van der Waals surface area contributed by atoms with Gasteiger partial charge in [-0.1, -0.05) is 6.07 Å². The fourth-order valence-electron chi connectivity index (χ4n) is 3.32. The monoisotopic (exact) mass is 439 g/mol. The van der Waals surface area contributed by atoms with Gasteiger partial charge in [0.25, 0.3) is 5.91 Å². The number of thiophene rings is 2. The first kappa shape index (κ1) is 20.8. The first-order valence-corrected chi connectivity index (χ1v) is 11.3. The van der Waals surface area contributed by atoms with Crippen molar-refractivity contribution < 1.29 is 14.4 Å². The Balaban J connectivity index is 1.74. The van der Waals surface area contributed by atoms with Gasteiger partial charge in [0, 0.05) is 22.1 Å².